The number of carbonyl (C=O) groups excluding carboxylic acids is 1. The number of urea groups is 1. The Morgan fingerprint density at radius 1 is 1.16 bits per heavy atom. The van der Waals surface area contributed by atoms with Crippen LogP contribution in [-0.2, 0) is 6.54 Å². The molecular weight excluding hydrogens is 360 g/mol. The molecule has 2 amide bonds. The molecule has 0 saturated heterocycles. The fraction of sp³-hybridized carbons (Fsp3) is 0.278. The summed E-state index contributed by atoms with van der Waals surface area (Å²) in [7, 11) is 4.77. The molecule has 0 saturated carbocycles. The van der Waals surface area contributed by atoms with Gasteiger partial charge in [0.2, 0.25) is 0 Å². The largest absolute Gasteiger partial charge is 0.495 e. The van der Waals surface area contributed by atoms with Gasteiger partial charge in [-0.1, -0.05) is 23.7 Å². The van der Waals surface area contributed by atoms with Gasteiger partial charge in [-0.15, -0.1) is 11.8 Å². The van der Waals surface area contributed by atoms with Gasteiger partial charge < -0.3 is 19.7 Å². The maximum Gasteiger partial charge on any atom is 0.321 e. The Morgan fingerprint density at radius 2 is 1.80 bits per heavy atom. The maximum atomic E-state index is 12.5. The van der Waals surface area contributed by atoms with Crippen molar-refractivity contribution in [1.29, 1.82) is 0 Å². The van der Waals surface area contributed by atoms with Crippen molar-refractivity contribution in [2.45, 2.75) is 11.4 Å². The summed E-state index contributed by atoms with van der Waals surface area (Å²) in [5.74, 6) is 0.935. The quantitative estimate of drug-likeness (QED) is 0.735. The summed E-state index contributed by atoms with van der Waals surface area (Å²) in [5, 5.41) is 3.24. The van der Waals surface area contributed by atoms with Crippen LogP contribution in [0.3, 0.4) is 0 Å². The molecule has 5 nitrogen and oxygen atoms in total. The van der Waals surface area contributed by atoms with Crippen LogP contribution in [0, 0.1) is 0 Å². The Morgan fingerprint density at radius 3 is 2.36 bits per heavy atom. The second-order valence-electron chi connectivity index (χ2n) is 5.32. The smallest absolute Gasteiger partial charge is 0.321 e. The van der Waals surface area contributed by atoms with Crippen LogP contribution in [0.1, 0.15) is 5.56 Å². The van der Waals surface area contributed by atoms with E-state index in [1.807, 2.05) is 30.5 Å². The van der Waals surface area contributed by atoms with Gasteiger partial charge in [0.05, 0.1) is 24.9 Å². The molecule has 25 heavy (non-hydrogen) atoms. The summed E-state index contributed by atoms with van der Waals surface area (Å²) >= 11 is 7.77. The molecule has 0 unspecified atom stereocenters. The fourth-order valence-corrected chi connectivity index (χ4v) is 2.88. The van der Waals surface area contributed by atoms with Crippen molar-refractivity contribution >= 4 is 35.1 Å². The second-order valence-corrected chi connectivity index (χ2v) is 6.61. The number of hydrogen-bond acceptors (Lipinski definition) is 4. The lowest BCUT2D eigenvalue weighted by Gasteiger charge is -2.20. The molecule has 1 N–H and O–H groups in total. The number of carbonyl (C=O) groups is 1. The van der Waals surface area contributed by atoms with Crippen molar-refractivity contribution in [2.24, 2.45) is 0 Å². The molecule has 0 spiro atoms. The molecule has 0 bridgehead atoms. The third-order valence-corrected chi connectivity index (χ3v) is 4.68. The lowest BCUT2D eigenvalue weighted by molar-refractivity contribution is 0.220. The van der Waals surface area contributed by atoms with Crippen LogP contribution in [0.15, 0.2) is 41.3 Å². The van der Waals surface area contributed by atoms with Gasteiger partial charge in [0, 0.05) is 30.6 Å². The molecule has 0 aliphatic heterocycles. The van der Waals surface area contributed by atoms with E-state index in [9.17, 15) is 4.79 Å². The van der Waals surface area contributed by atoms with Crippen LogP contribution in [0.4, 0.5) is 10.5 Å². The molecule has 0 aromatic heterocycles. The molecule has 2 aromatic carbocycles. The van der Waals surface area contributed by atoms with Crippen molar-refractivity contribution in [3.63, 3.8) is 0 Å². The highest BCUT2D eigenvalue weighted by molar-refractivity contribution is 7.98. The molecule has 2 aromatic rings. The number of thioether (sulfide) groups is 1. The molecule has 0 heterocycles. The van der Waals surface area contributed by atoms with Crippen LogP contribution >= 0.6 is 23.4 Å². The molecular formula is C18H21ClN2O3S. The minimum absolute atomic E-state index is 0.253. The predicted molar refractivity (Wildman–Crippen MR) is 103 cm³/mol. The van der Waals surface area contributed by atoms with E-state index >= 15 is 0 Å². The number of rotatable bonds is 6. The first kappa shape index (κ1) is 19.3. The lowest BCUT2D eigenvalue weighted by atomic mass is 10.2. The fourth-order valence-electron chi connectivity index (χ4n) is 2.25. The first-order chi connectivity index (χ1) is 12.0. The minimum Gasteiger partial charge on any atom is -0.495 e. The standard InChI is InChI=1S/C18H21ClN2O3S/c1-21(11-12-5-7-13(25-4)8-6-12)18(22)20-15-10-16(23-2)14(19)9-17(15)24-3/h5-10H,11H2,1-4H3,(H,20,22). The van der Waals surface area contributed by atoms with Crippen LogP contribution in [0.5, 0.6) is 11.5 Å². The molecule has 0 fully saturated rings. The van der Waals surface area contributed by atoms with Crippen molar-refractivity contribution in [1.82, 2.24) is 4.90 Å². The van der Waals surface area contributed by atoms with E-state index in [1.54, 1.807) is 35.8 Å². The van der Waals surface area contributed by atoms with E-state index in [2.05, 4.69) is 5.32 Å². The van der Waals surface area contributed by atoms with E-state index in [4.69, 9.17) is 21.1 Å². The Balaban J connectivity index is 2.09. The zero-order chi connectivity index (χ0) is 18.4. The highest BCUT2D eigenvalue weighted by atomic mass is 35.5. The van der Waals surface area contributed by atoms with E-state index < -0.39 is 0 Å². The number of amides is 2. The summed E-state index contributed by atoms with van der Waals surface area (Å²) < 4.78 is 10.5. The van der Waals surface area contributed by atoms with Crippen LogP contribution < -0.4 is 14.8 Å². The molecule has 0 atom stereocenters. The van der Waals surface area contributed by atoms with Crippen molar-refractivity contribution in [2.75, 3.05) is 32.8 Å². The first-order valence-electron chi connectivity index (χ1n) is 7.55. The van der Waals surface area contributed by atoms with Gasteiger partial charge in [0.25, 0.3) is 0 Å². The van der Waals surface area contributed by atoms with Crippen molar-refractivity contribution in [3.8, 4) is 11.5 Å². The second kappa shape index (κ2) is 8.87. The average Bonchev–Trinajstić information content (AvgIpc) is 2.63. The average molecular weight is 381 g/mol. The number of methoxy groups -OCH3 is 2. The summed E-state index contributed by atoms with van der Waals surface area (Å²) in [6.07, 6.45) is 2.03. The highest BCUT2D eigenvalue weighted by Crippen LogP contribution is 2.36. The lowest BCUT2D eigenvalue weighted by Crippen LogP contribution is -2.31. The Hall–Kier alpha value is -2.05. The van der Waals surface area contributed by atoms with Gasteiger partial charge in [0.1, 0.15) is 11.5 Å². The van der Waals surface area contributed by atoms with Crippen LogP contribution in [-0.4, -0.2) is 38.5 Å². The molecule has 134 valence electrons. The Kier molecular flexibility index (Phi) is 6.84. The van der Waals surface area contributed by atoms with Gasteiger partial charge in [-0.2, -0.15) is 0 Å². The van der Waals surface area contributed by atoms with Gasteiger partial charge in [-0.3, -0.25) is 0 Å². The van der Waals surface area contributed by atoms with Gasteiger partial charge in [-0.05, 0) is 24.0 Å². The number of nitrogens with one attached hydrogen (secondary N) is 1. The molecule has 7 heteroatoms. The summed E-state index contributed by atoms with van der Waals surface area (Å²) in [6, 6.07) is 11.1. The topological polar surface area (TPSA) is 50.8 Å². The summed E-state index contributed by atoms with van der Waals surface area (Å²) in [6.45, 7) is 0.494. The zero-order valence-corrected chi connectivity index (χ0v) is 16.2. The predicted octanol–water partition coefficient (Wildman–Crippen LogP) is 4.74. The number of anilines is 1. The van der Waals surface area contributed by atoms with E-state index in [0.717, 1.165) is 5.56 Å². The monoisotopic (exact) mass is 380 g/mol. The Bertz CT molecular complexity index is 738. The number of halogens is 1. The number of hydrogen-bond donors (Lipinski definition) is 1. The SMILES string of the molecule is COc1cc(NC(=O)N(C)Cc2ccc(SC)cc2)c(OC)cc1Cl. The molecule has 0 aliphatic carbocycles. The Labute approximate surface area is 157 Å². The van der Waals surface area contributed by atoms with Crippen LogP contribution in [0.25, 0.3) is 0 Å². The van der Waals surface area contributed by atoms with Gasteiger partial charge in [-0.25, -0.2) is 4.79 Å². The van der Waals surface area contributed by atoms with Crippen LogP contribution in [0.2, 0.25) is 5.02 Å². The zero-order valence-electron chi connectivity index (χ0n) is 14.6. The number of benzene rings is 2. The van der Waals surface area contributed by atoms with Gasteiger partial charge >= 0.3 is 6.03 Å². The number of nitrogens with zero attached hydrogens (tertiary/aromatic N) is 1. The van der Waals surface area contributed by atoms with Crippen molar-refractivity contribution in [3.05, 3.63) is 47.0 Å². The first-order valence-corrected chi connectivity index (χ1v) is 9.15. The molecule has 0 aliphatic rings. The molecule has 2 rings (SSSR count). The third kappa shape index (κ3) is 4.96. The molecule has 0 radical (unpaired) electrons. The van der Waals surface area contributed by atoms with E-state index in [1.165, 1.54) is 19.1 Å². The van der Waals surface area contributed by atoms with E-state index in [-0.39, 0.29) is 6.03 Å². The summed E-state index contributed by atoms with van der Waals surface area (Å²) in [4.78, 5) is 15.3. The maximum absolute atomic E-state index is 12.5. The third-order valence-electron chi connectivity index (χ3n) is 3.64. The normalized spacial score (nSPS) is 10.3. The van der Waals surface area contributed by atoms with Gasteiger partial charge in [0.15, 0.2) is 0 Å². The van der Waals surface area contributed by atoms with E-state index in [0.29, 0.717) is 28.8 Å². The number of ether oxygens (including phenoxy) is 2. The highest BCUT2D eigenvalue weighted by Gasteiger charge is 2.15. The minimum atomic E-state index is -0.253. The summed E-state index contributed by atoms with van der Waals surface area (Å²) in [5.41, 5.74) is 1.55. The van der Waals surface area contributed by atoms with Crippen molar-refractivity contribution < 1.29 is 14.3 Å².